The van der Waals surface area contributed by atoms with Crippen molar-refractivity contribution in [3.8, 4) is 11.5 Å². The van der Waals surface area contributed by atoms with E-state index in [1.165, 1.54) is 61.8 Å². The molecule has 1 N–H and O–H groups in total. The summed E-state index contributed by atoms with van der Waals surface area (Å²) < 4.78 is 47.4. The quantitative estimate of drug-likeness (QED) is 0.572. The van der Waals surface area contributed by atoms with Gasteiger partial charge in [-0.2, -0.15) is 4.31 Å². The minimum absolute atomic E-state index is 0.119. The largest absolute Gasteiger partial charge is 0.497 e. The molecule has 1 aliphatic heterocycles. The van der Waals surface area contributed by atoms with Gasteiger partial charge in [-0.25, -0.2) is 13.2 Å². The van der Waals surface area contributed by atoms with Crippen molar-refractivity contribution >= 4 is 27.6 Å². The lowest BCUT2D eigenvalue weighted by molar-refractivity contribution is -0.123. The third-order valence-electron chi connectivity index (χ3n) is 4.97. The number of nitrogens with one attached hydrogen (secondary N) is 1. The second-order valence-electron chi connectivity index (χ2n) is 7.18. The van der Waals surface area contributed by atoms with Crippen molar-refractivity contribution in [1.82, 2.24) is 4.31 Å². The van der Waals surface area contributed by atoms with Crippen molar-refractivity contribution in [3.05, 3.63) is 48.0 Å². The summed E-state index contributed by atoms with van der Waals surface area (Å²) in [5.41, 5.74) is 0.537. The molecule has 2 aromatic rings. The molecular formula is C22H26N2O8S. The van der Waals surface area contributed by atoms with Gasteiger partial charge < -0.3 is 24.3 Å². The Balaban J connectivity index is 1.62. The van der Waals surface area contributed by atoms with Crippen LogP contribution in [0.4, 0.5) is 5.69 Å². The zero-order chi connectivity index (χ0) is 24.0. The summed E-state index contributed by atoms with van der Waals surface area (Å²) in [6, 6.07) is 10.3. The molecule has 1 fully saturated rings. The van der Waals surface area contributed by atoms with Gasteiger partial charge in [0.25, 0.3) is 5.91 Å². The number of morpholine rings is 1. The number of amides is 1. The number of hydrogen-bond acceptors (Lipinski definition) is 8. The Labute approximate surface area is 192 Å². The maximum atomic E-state index is 12.7. The van der Waals surface area contributed by atoms with Gasteiger partial charge in [-0.05, 0) is 43.3 Å². The SMILES string of the molecule is COc1cc(OC)cc(C(=O)O[C@H](C)C(=O)Nc2ccc(S(=O)(=O)N3CCOCC3)cc2)c1. The normalized spacial score (nSPS) is 15.4. The first kappa shape index (κ1) is 24.5. The van der Waals surface area contributed by atoms with E-state index in [0.717, 1.165) is 0 Å². The molecular weight excluding hydrogens is 452 g/mol. The lowest BCUT2D eigenvalue weighted by Gasteiger charge is -2.26. The van der Waals surface area contributed by atoms with Gasteiger partial charge in [0.05, 0.1) is 37.9 Å². The summed E-state index contributed by atoms with van der Waals surface area (Å²) in [4.78, 5) is 25.1. The van der Waals surface area contributed by atoms with Crippen molar-refractivity contribution in [1.29, 1.82) is 0 Å². The van der Waals surface area contributed by atoms with Crippen LogP contribution >= 0.6 is 0 Å². The summed E-state index contributed by atoms with van der Waals surface area (Å²) >= 11 is 0. The fraction of sp³-hybridized carbons (Fsp3) is 0.364. The van der Waals surface area contributed by atoms with Crippen LogP contribution in [0.2, 0.25) is 0 Å². The smallest absolute Gasteiger partial charge is 0.339 e. The van der Waals surface area contributed by atoms with E-state index in [2.05, 4.69) is 5.32 Å². The van der Waals surface area contributed by atoms with Crippen molar-refractivity contribution in [2.45, 2.75) is 17.9 Å². The lowest BCUT2D eigenvalue weighted by Crippen LogP contribution is -2.40. The number of methoxy groups -OCH3 is 2. The van der Waals surface area contributed by atoms with Gasteiger partial charge in [0.1, 0.15) is 11.5 Å². The fourth-order valence-electron chi connectivity index (χ4n) is 3.10. The van der Waals surface area contributed by atoms with E-state index in [1.54, 1.807) is 6.07 Å². The standard InChI is InChI=1S/C22H26N2O8S/c1-15(32-22(26)16-12-18(29-2)14-19(13-16)30-3)21(25)23-17-4-6-20(7-5-17)33(27,28)24-8-10-31-11-9-24/h4-7,12-15H,8-11H2,1-3H3,(H,23,25)/t15-/m1/s1. The van der Waals surface area contributed by atoms with Crippen molar-refractivity contribution in [3.63, 3.8) is 0 Å². The number of rotatable bonds is 8. The van der Waals surface area contributed by atoms with Gasteiger partial charge >= 0.3 is 5.97 Å². The van der Waals surface area contributed by atoms with Crippen LogP contribution in [-0.2, 0) is 24.3 Å². The minimum Gasteiger partial charge on any atom is -0.497 e. The van der Waals surface area contributed by atoms with Crippen LogP contribution in [0, 0.1) is 0 Å². The highest BCUT2D eigenvalue weighted by Gasteiger charge is 2.26. The van der Waals surface area contributed by atoms with E-state index in [-0.39, 0.29) is 10.5 Å². The van der Waals surface area contributed by atoms with Crippen LogP contribution in [0.5, 0.6) is 11.5 Å². The van der Waals surface area contributed by atoms with Crippen LogP contribution in [0.3, 0.4) is 0 Å². The number of carbonyl (C=O) groups excluding carboxylic acids is 2. The minimum atomic E-state index is -3.63. The Morgan fingerprint density at radius 2 is 1.58 bits per heavy atom. The molecule has 1 atom stereocenters. The zero-order valence-electron chi connectivity index (χ0n) is 18.6. The Hall–Kier alpha value is -3.15. The summed E-state index contributed by atoms with van der Waals surface area (Å²) in [5, 5.41) is 2.61. The number of ether oxygens (including phenoxy) is 4. The number of esters is 1. The summed E-state index contributed by atoms with van der Waals surface area (Å²) in [7, 11) is -0.719. The predicted octanol–water partition coefficient (Wildman–Crippen LogP) is 1.91. The highest BCUT2D eigenvalue weighted by molar-refractivity contribution is 7.89. The molecule has 0 aliphatic carbocycles. The molecule has 33 heavy (non-hydrogen) atoms. The molecule has 1 aliphatic rings. The number of anilines is 1. The summed E-state index contributed by atoms with van der Waals surface area (Å²) in [6.07, 6.45) is -1.11. The Morgan fingerprint density at radius 3 is 2.12 bits per heavy atom. The molecule has 2 aromatic carbocycles. The lowest BCUT2D eigenvalue weighted by atomic mass is 10.2. The molecule has 0 bridgehead atoms. The third-order valence-corrected chi connectivity index (χ3v) is 6.88. The first-order valence-corrected chi connectivity index (χ1v) is 11.6. The maximum Gasteiger partial charge on any atom is 0.339 e. The molecule has 0 spiro atoms. The third kappa shape index (κ3) is 6.01. The van der Waals surface area contributed by atoms with E-state index in [9.17, 15) is 18.0 Å². The Kier molecular flexibility index (Phi) is 7.90. The number of sulfonamides is 1. The average molecular weight is 479 g/mol. The van der Waals surface area contributed by atoms with E-state index in [4.69, 9.17) is 18.9 Å². The molecule has 11 heteroatoms. The van der Waals surface area contributed by atoms with Crippen LogP contribution in [0.15, 0.2) is 47.4 Å². The van der Waals surface area contributed by atoms with Crippen molar-refractivity contribution < 1.29 is 37.0 Å². The molecule has 1 amide bonds. The second kappa shape index (κ2) is 10.6. The van der Waals surface area contributed by atoms with E-state index < -0.39 is 28.0 Å². The summed E-state index contributed by atoms with van der Waals surface area (Å²) in [6.45, 7) is 2.73. The molecule has 1 heterocycles. The highest BCUT2D eigenvalue weighted by Crippen LogP contribution is 2.24. The maximum absolute atomic E-state index is 12.7. The molecule has 1 saturated heterocycles. The Morgan fingerprint density at radius 1 is 1.00 bits per heavy atom. The van der Waals surface area contributed by atoms with Crippen LogP contribution in [0.25, 0.3) is 0 Å². The molecule has 0 aromatic heterocycles. The molecule has 178 valence electrons. The number of carbonyl (C=O) groups is 2. The van der Waals surface area contributed by atoms with Gasteiger partial charge in [0, 0.05) is 24.8 Å². The van der Waals surface area contributed by atoms with Crippen molar-refractivity contribution in [2.75, 3.05) is 45.8 Å². The molecule has 0 radical (unpaired) electrons. The van der Waals surface area contributed by atoms with E-state index in [0.29, 0.717) is 43.5 Å². The predicted molar refractivity (Wildman–Crippen MR) is 119 cm³/mol. The van der Waals surface area contributed by atoms with Crippen LogP contribution < -0.4 is 14.8 Å². The first-order chi connectivity index (χ1) is 15.7. The summed E-state index contributed by atoms with van der Waals surface area (Å²) in [5.74, 6) is -0.472. The van der Waals surface area contributed by atoms with Gasteiger partial charge in [-0.15, -0.1) is 0 Å². The molecule has 0 unspecified atom stereocenters. The highest BCUT2D eigenvalue weighted by atomic mass is 32.2. The second-order valence-corrected chi connectivity index (χ2v) is 9.12. The van der Waals surface area contributed by atoms with Gasteiger partial charge in [0.15, 0.2) is 6.10 Å². The first-order valence-electron chi connectivity index (χ1n) is 10.2. The topological polar surface area (TPSA) is 120 Å². The van der Waals surface area contributed by atoms with Gasteiger partial charge in [0.2, 0.25) is 10.0 Å². The zero-order valence-corrected chi connectivity index (χ0v) is 19.4. The molecule has 0 saturated carbocycles. The number of benzene rings is 2. The number of hydrogen-bond donors (Lipinski definition) is 1. The van der Waals surface area contributed by atoms with Crippen molar-refractivity contribution in [2.24, 2.45) is 0 Å². The number of nitrogens with zero attached hydrogens (tertiary/aromatic N) is 1. The van der Waals surface area contributed by atoms with Gasteiger partial charge in [-0.1, -0.05) is 0 Å². The van der Waals surface area contributed by atoms with Gasteiger partial charge in [-0.3, -0.25) is 4.79 Å². The fourth-order valence-corrected chi connectivity index (χ4v) is 4.51. The molecule has 10 nitrogen and oxygen atoms in total. The van der Waals surface area contributed by atoms with Crippen LogP contribution in [0.1, 0.15) is 17.3 Å². The average Bonchev–Trinajstić information content (AvgIpc) is 2.84. The monoisotopic (exact) mass is 478 g/mol. The van der Waals surface area contributed by atoms with E-state index in [1.807, 2.05) is 0 Å². The molecule has 3 rings (SSSR count). The van der Waals surface area contributed by atoms with E-state index >= 15 is 0 Å². The van der Waals surface area contributed by atoms with Crippen LogP contribution in [-0.4, -0.2) is 71.2 Å². The Bertz CT molecular complexity index is 1070.